The molecule has 3 aliphatic heterocycles. The molecule has 10 nitrogen and oxygen atoms in total. The van der Waals surface area contributed by atoms with Crippen molar-refractivity contribution in [2.24, 2.45) is 5.92 Å². The van der Waals surface area contributed by atoms with E-state index in [2.05, 4.69) is 25.4 Å². The molecule has 4 fully saturated rings. The lowest BCUT2D eigenvalue weighted by Crippen LogP contribution is -2.70. The normalized spacial score (nSPS) is 31.7. The third-order valence-corrected chi connectivity index (χ3v) is 12.3. The van der Waals surface area contributed by atoms with Crippen molar-refractivity contribution in [3.63, 3.8) is 0 Å². The molecule has 5 aliphatic rings. The maximum atomic E-state index is 16.0. The van der Waals surface area contributed by atoms with Crippen molar-refractivity contribution in [2.45, 2.75) is 79.9 Å². The van der Waals surface area contributed by atoms with E-state index in [0.717, 1.165) is 81.9 Å². The number of hydrogen-bond donors (Lipinski definition) is 3. The van der Waals surface area contributed by atoms with E-state index < -0.39 is 12.1 Å². The third kappa shape index (κ3) is 6.23. The highest BCUT2D eigenvalue weighted by Crippen LogP contribution is 2.51. The molecule has 0 bridgehead atoms. The zero-order chi connectivity index (χ0) is 30.9. The Morgan fingerprint density at radius 2 is 2.07 bits per heavy atom. The number of carbonyl (C=O) groups is 2. The van der Waals surface area contributed by atoms with Gasteiger partial charge in [0.1, 0.15) is 18.5 Å². The summed E-state index contributed by atoms with van der Waals surface area (Å²) in [5.74, 6) is -0.313. The maximum absolute atomic E-state index is 16.0. The summed E-state index contributed by atoms with van der Waals surface area (Å²) in [7, 11) is 1.64. The van der Waals surface area contributed by atoms with Crippen LogP contribution in [-0.4, -0.2) is 114 Å². The van der Waals surface area contributed by atoms with Crippen molar-refractivity contribution >= 4 is 34.5 Å². The molecule has 0 spiro atoms. The molecule has 2 aromatic rings. The average molecular weight is 642 g/mol. The minimum absolute atomic E-state index is 0.0263. The molecule has 1 aromatic heterocycles. The Balaban J connectivity index is 1.05. The van der Waals surface area contributed by atoms with Crippen LogP contribution in [0.15, 0.2) is 36.3 Å². The molecule has 244 valence electrons. The second-order valence-corrected chi connectivity index (χ2v) is 14.5. The van der Waals surface area contributed by atoms with E-state index >= 15 is 4.39 Å². The van der Waals surface area contributed by atoms with Crippen molar-refractivity contribution in [1.82, 2.24) is 25.4 Å². The van der Waals surface area contributed by atoms with Gasteiger partial charge in [0.15, 0.2) is 16.8 Å². The first-order valence-corrected chi connectivity index (χ1v) is 17.7. The third-order valence-electron chi connectivity index (χ3n) is 10.5. The number of hydrogen-bond acceptors (Lipinski definition) is 8. The van der Waals surface area contributed by atoms with Crippen molar-refractivity contribution in [1.29, 1.82) is 0 Å². The number of fused-ring (bicyclic) bond motifs is 3. The van der Waals surface area contributed by atoms with Crippen LogP contribution in [0.1, 0.15) is 38.5 Å². The smallest absolute Gasteiger partial charge is 0.256 e. The molecule has 12 heteroatoms. The van der Waals surface area contributed by atoms with E-state index in [4.69, 9.17) is 9.47 Å². The Hall–Kier alpha value is -2.67. The van der Waals surface area contributed by atoms with Crippen molar-refractivity contribution < 1.29 is 28.0 Å². The van der Waals surface area contributed by atoms with Gasteiger partial charge in [0.05, 0.1) is 44.5 Å². The van der Waals surface area contributed by atoms with Gasteiger partial charge in [-0.2, -0.15) is 0 Å². The van der Waals surface area contributed by atoms with Gasteiger partial charge in [-0.1, -0.05) is 12.8 Å². The van der Waals surface area contributed by atoms with Gasteiger partial charge >= 0.3 is 0 Å². The number of benzene rings is 1. The highest BCUT2D eigenvalue weighted by Gasteiger charge is 2.57. The molecule has 2 saturated heterocycles. The fourth-order valence-electron chi connectivity index (χ4n) is 8.17. The number of ketones is 1. The number of Topliss-reactive ketones (excluding diaryl/α,β-unsaturated/α-hetero) is 1. The zero-order valence-electron chi connectivity index (χ0n) is 26.1. The van der Waals surface area contributed by atoms with E-state index in [9.17, 15) is 9.59 Å². The average Bonchev–Trinajstić information content (AvgIpc) is 3.47. The van der Waals surface area contributed by atoms with Crippen LogP contribution in [0.4, 0.5) is 4.39 Å². The van der Waals surface area contributed by atoms with Crippen LogP contribution < -0.4 is 19.9 Å². The summed E-state index contributed by atoms with van der Waals surface area (Å²) >= 11 is 1.91. The second-order valence-electron chi connectivity index (χ2n) is 13.1. The van der Waals surface area contributed by atoms with Crippen molar-refractivity contribution in [2.75, 3.05) is 53.0 Å². The highest BCUT2D eigenvalue weighted by molar-refractivity contribution is 8.00. The molecule has 7 atom stereocenters. The lowest BCUT2D eigenvalue weighted by Gasteiger charge is -2.59. The summed E-state index contributed by atoms with van der Waals surface area (Å²) in [5.41, 5.74) is 2.13. The topological polar surface area (TPSA) is 103 Å². The van der Waals surface area contributed by atoms with Crippen LogP contribution in [0.2, 0.25) is 0 Å². The number of nitrogens with zero attached hydrogens (tertiary/aromatic N) is 3. The Labute approximate surface area is 268 Å². The van der Waals surface area contributed by atoms with Crippen LogP contribution >= 0.6 is 11.8 Å². The minimum atomic E-state index is -1.13. The van der Waals surface area contributed by atoms with Gasteiger partial charge in [0.25, 0.3) is 5.91 Å². The largest absolute Gasteiger partial charge is 0.497 e. The number of H-pyrrole nitrogens is 1. The first-order chi connectivity index (χ1) is 22.0. The number of imidazole rings is 1. The molecule has 45 heavy (non-hydrogen) atoms. The molecule has 3 N–H and O–H groups in total. The van der Waals surface area contributed by atoms with Crippen LogP contribution in [0, 0.1) is 5.92 Å². The molecule has 4 heterocycles. The van der Waals surface area contributed by atoms with Gasteiger partial charge < -0.3 is 25.0 Å². The van der Waals surface area contributed by atoms with Gasteiger partial charge in [-0.25, -0.2) is 13.9 Å². The molecule has 2 saturated carbocycles. The number of alkyl halides is 1. The monoisotopic (exact) mass is 641 g/mol. The van der Waals surface area contributed by atoms with Gasteiger partial charge in [0, 0.05) is 47.8 Å². The highest BCUT2D eigenvalue weighted by atomic mass is 32.2. The second kappa shape index (κ2) is 13.6. The standard InChI is InChI=1S/C33H45FN6O4S/c1-43-21-7-8-25-27(17-21)39(20-37-25)12-10-36-33(42)23-19-40-26-5-2-3-6-28(26)45-32-29(24(34)18-22(30(32)40)31(23)41)35-9-4-11-38-13-15-44-16-14-38/h7-8,17,19-20,22,24,26,28-30,32,35H,2-6,9-16,18H2,1H3,(H,36,42)/p+1. The number of thioether (sulfide) groups is 1. The molecular formula is C33H46FN6O4S+. The molecule has 1 amide bonds. The molecule has 0 radical (unpaired) electrons. The van der Waals surface area contributed by atoms with E-state index in [1.54, 1.807) is 7.11 Å². The minimum Gasteiger partial charge on any atom is -0.497 e. The summed E-state index contributed by atoms with van der Waals surface area (Å²) in [6.07, 6.45) is 8.17. The number of aromatic amines is 1. The Bertz CT molecular complexity index is 1410. The van der Waals surface area contributed by atoms with Crippen molar-refractivity contribution in [3.05, 3.63) is 36.3 Å². The molecule has 1 aromatic carbocycles. The number of morpholine rings is 1. The Morgan fingerprint density at radius 3 is 2.91 bits per heavy atom. The fraction of sp³-hybridized carbons (Fsp3) is 0.667. The van der Waals surface area contributed by atoms with Crippen LogP contribution in [-0.2, 0) is 20.9 Å². The Kier molecular flexibility index (Phi) is 9.35. The predicted octanol–water partition coefficient (Wildman–Crippen LogP) is 2.18. The van der Waals surface area contributed by atoms with E-state index in [1.165, 1.54) is 6.42 Å². The summed E-state index contributed by atoms with van der Waals surface area (Å²) in [5, 5.41) is 6.95. The number of halogens is 1. The van der Waals surface area contributed by atoms with Gasteiger partial charge in [-0.05, 0) is 50.9 Å². The van der Waals surface area contributed by atoms with E-state index in [1.807, 2.05) is 47.1 Å². The number of rotatable bonds is 10. The van der Waals surface area contributed by atoms with Crippen LogP contribution in [0.3, 0.4) is 0 Å². The summed E-state index contributed by atoms with van der Waals surface area (Å²) in [6, 6.07) is 5.71. The van der Waals surface area contributed by atoms with Gasteiger partial charge in [-0.3, -0.25) is 14.5 Å². The number of amides is 1. The lowest BCUT2D eigenvalue weighted by atomic mass is 9.72. The zero-order valence-corrected chi connectivity index (χ0v) is 26.9. The molecule has 2 aliphatic carbocycles. The number of carbonyl (C=O) groups excluding carboxylic acids is 2. The lowest BCUT2D eigenvalue weighted by molar-refractivity contribution is -0.669. The fourth-order valence-corrected chi connectivity index (χ4v) is 10.3. The van der Waals surface area contributed by atoms with Gasteiger partial charge in [-0.15, -0.1) is 11.8 Å². The number of methoxy groups -OCH3 is 1. The molecular weight excluding hydrogens is 595 g/mol. The first kappa shape index (κ1) is 31.0. The van der Waals surface area contributed by atoms with Gasteiger partial charge in [0.2, 0.25) is 6.33 Å². The summed E-state index contributed by atoms with van der Waals surface area (Å²) in [6.45, 7) is 6.10. The Morgan fingerprint density at radius 1 is 1.22 bits per heavy atom. The van der Waals surface area contributed by atoms with E-state index in [0.29, 0.717) is 18.3 Å². The predicted molar refractivity (Wildman–Crippen MR) is 171 cm³/mol. The first-order valence-electron chi connectivity index (χ1n) is 16.7. The quantitative estimate of drug-likeness (QED) is 0.206. The summed E-state index contributed by atoms with van der Waals surface area (Å²) < 4.78 is 28.9. The maximum Gasteiger partial charge on any atom is 0.256 e. The number of nitrogens with one attached hydrogen (secondary N) is 3. The molecule has 7 rings (SSSR count). The van der Waals surface area contributed by atoms with Crippen LogP contribution in [0.5, 0.6) is 5.75 Å². The SMILES string of the molecule is COc1ccc2[nH]c[n+](CCNC(=O)C3=CN4C5CCCCC5SC5C(NCCCN6CCOCC6)C(F)CC(C3=O)C54)c2c1. The number of ether oxygens (including phenoxy) is 2. The van der Waals surface area contributed by atoms with E-state index in [-0.39, 0.29) is 47.1 Å². The van der Waals surface area contributed by atoms with Crippen LogP contribution in [0.25, 0.3) is 11.0 Å². The summed E-state index contributed by atoms with van der Waals surface area (Å²) in [4.78, 5) is 35.5. The molecule has 7 unspecified atom stereocenters. The van der Waals surface area contributed by atoms with Crippen molar-refractivity contribution in [3.8, 4) is 5.75 Å². The number of aromatic nitrogens is 2.